The Labute approximate surface area is 152 Å². The van der Waals surface area contributed by atoms with E-state index in [9.17, 15) is 14.4 Å². The van der Waals surface area contributed by atoms with Crippen LogP contribution in [-0.4, -0.2) is 53.6 Å². The van der Waals surface area contributed by atoms with Crippen molar-refractivity contribution in [3.8, 4) is 0 Å². The molecule has 0 spiro atoms. The Bertz CT molecular complexity index is 620. The average Bonchev–Trinajstić information content (AvgIpc) is 2.55. The lowest BCUT2D eigenvalue weighted by Crippen LogP contribution is -2.45. The molecule has 1 heterocycles. The molecule has 0 aromatic heterocycles. The van der Waals surface area contributed by atoms with Gasteiger partial charge in [0.05, 0.1) is 6.10 Å². The van der Waals surface area contributed by atoms with E-state index in [1.165, 1.54) is 0 Å². The summed E-state index contributed by atoms with van der Waals surface area (Å²) in [5, 5.41) is 11.1. The molecule has 2 amide bonds. The lowest BCUT2D eigenvalue weighted by Gasteiger charge is -2.21. The minimum absolute atomic E-state index is 0.0722. The molecule has 0 saturated heterocycles. The summed E-state index contributed by atoms with van der Waals surface area (Å²) in [6.45, 7) is -1.98. The molecule has 8 nitrogen and oxygen atoms in total. The van der Waals surface area contributed by atoms with Crippen LogP contribution in [0.4, 0.5) is 4.79 Å². The molecule has 140 valence electrons. The fourth-order valence-corrected chi connectivity index (χ4v) is 2.26. The van der Waals surface area contributed by atoms with Gasteiger partial charge in [-0.15, -0.1) is 4.99 Å². The molecule has 25 heavy (non-hydrogen) atoms. The van der Waals surface area contributed by atoms with Gasteiger partial charge in [0.2, 0.25) is 11.9 Å². The summed E-state index contributed by atoms with van der Waals surface area (Å²) in [4.78, 5) is 38.9. The number of hydrogen-bond donors (Lipinski definition) is 2. The number of nitrogens with one attached hydrogen (secondary N) is 1. The van der Waals surface area contributed by atoms with E-state index in [1.54, 1.807) is 6.92 Å². The maximum absolute atomic E-state index is 12.2. The van der Waals surface area contributed by atoms with Crippen molar-refractivity contribution in [1.82, 2.24) is 10.2 Å². The summed E-state index contributed by atoms with van der Waals surface area (Å²) in [7, 11) is 0. The molecule has 0 saturated carbocycles. The predicted octanol–water partition coefficient (Wildman–Crippen LogP) is 2.30. The summed E-state index contributed by atoms with van der Waals surface area (Å²) in [5.74, 6) is -2.15. The van der Waals surface area contributed by atoms with Gasteiger partial charge in [0.25, 0.3) is 0 Å². The molecule has 1 rings (SSSR count). The number of carboxylic acid groups (broad SMARTS) is 1. The van der Waals surface area contributed by atoms with Gasteiger partial charge in [0.1, 0.15) is 6.54 Å². The quantitative estimate of drug-likeness (QED) is 0.509. The highest BCUT2D eigenvalue weighted by Crippen LogP contribution is 2.08. The van der Waals surface area contributed by atoms with E-state index in [1.807, 2.05) is 12.2 Å². The van der Waals surface area contributed by atoms with Crippen molar-refractivity contribution in [1.29, 1.82) is 0 Å². The number of aliphatic imine (C=N–C) groups is 1. The molecule has 1 aliphatic heterocycles. The first-order valence-corrected chi connectivity index (χ1v) is 8.33. The van der Waals surface area contributed by atoms with Crippen LogP contribution in [-0.2, 0) is 14.3 Å². The highest BCUT2D eigenvalue weighted by molar-refractivity contribution is 6.01. The number of rotatable bonds is 0. The minimum atomic E-state index is -2.91. The highest BCUT2D eigenvalue weighted by Gasteiger charge is 2.18. The third-order valence-corrected chi connectivity index (χ3v) is 3.50. The number of amides is 2. The van der Waals surface area contributed by atoms with E-state index in [2.05, 4.69) is 10.3 Å². The molecule has 0 bridgehead atoms. The second-order valence-corrected chi connectivity index (χ2v) is 5.80. The number of nitrogens with zero attached hydrogens (tertiary/aromatic N) is 2. The summed E-state index contributed by atoms with van der Waals surface area (Å²) in [6, 6.07) is 0. The summed E-state index contributed by atoms with van der Waals surface area (Å²) in [5.41, 5.74) is 0. The van der Waals surface area contributed by atoms with Crippen LogP contribution < -0.4 is 5.32 Å². The molecule has 0 radical (unpaired) electrons. The lowest BCUT2D eigenvalue weighted by molar-refractivity contribution is -0.148. The van der Waals surface area contributed by atoms with Crippen molar-refractivity contribution in [2.24, 2.45) is 4.99 Å². The number of carbonyl (C=O) groups excluding carboxylic acids is 2. The van der Waals surface area contributed by atoms with Gasteiger partial charge < -0.3 is 14.7 Å². The second kappa shape index (κ2) is 11.2. The molecule has 0 aromatic carbocycles. The number of ether oxygens (including phenoxy) is 1. The number of esters is 1. The molecule has 8 heteroatoms. The molecule has 0 fully saturated rings. The van der Waals surface area contributed by atoms with Crippen molar-refractivity contribution >= 4 is 23.9 Å². The van der Waals surface area contributed by atoms with Crippen molar-refractivity contribution in [2.75, 3.05) is 13.5 Å². The van der Waals surface area contributed by atoms with Crippen LogP contribution in [0, 0.1) is 0 Å². The maximum atomic E-state index is 12.2. The topological polar surface area (TPSA) is 108 Å². The smallest absolute Gasteiger partial charge is 0.434 e. The third kappa shape index (κ3) is 9.49. The van der Waals surface area contributed by atoms with Gasteiger partial charge in [0.15, 0.2) is 0 Å². The molecule has 1 aliphatic rings. The third-order valence-electron chi connectivity index (χ3n) is 3.50. The van der Waals surface area contributed by atoms with Gasteiger partial charge in [-0.05, 0) is 45.4 Å². The Balaban J connectivity index is 3.07. The van der Waals surface area contributed by atoms with E-state index >= 15 is 0 Å². The molecule has 2 N–H and O–H groups in total. The Morgan fingerprint density at radius 3 is 2.76 bits per heavy atom. The van der Waals surface area contributed by atoms with E-state index in [-0.39, 0.29) is 6.42 Å². The number of guanidine groups is 1. The van der Waals surface area contributed by atoms with E-state index < -0.39 is 43.6 Å². The van der Waals surface area contributed by atoms with Gasteiger partial charge >= 0.3 is 12.1 Å². The summed E-state index contributed by atoms with van der Waals surface area (Å²) in [6.07, 6.45) is 6.38. The normalized spacial score (nSPS) is 26.0. The first-order chi connectivity index (χ1) is 13.1. The summed E-state index contributed by atoms with van der Waals surface area (Å²) < 4.78 is 28.0. The van der Waals surface area contributed by atoms with E-state index in [4.69, 9.17) is 14.0 Å². The summed E-state index contributed by atoms with van der Waals surface area (Å²) >= 11 is 0. The van der Waals surface area contributed by atoms with Crippen LogP contribution >= 0.6 is 0 Å². The van der Waals surface area contributed by atoms with Gasteiger partial charge in [-0.2, -0.15) is 0 Å². The molecule has 0 aromatic rings. The number of likely N-dealkylation sites (N-methyl/N-ethyl adjacent to an activating group) is 1. The lowest BCUT2D eigenvalue weighted by atomic mass is 10.1. The first kappa shape index (κ1) is 16.1. The molecule has 1 atom stereocenters. The SMILES string of the molecule is [2H]C([2H])([2H])N1CC(=O)O[C@H](C)CCCC=CCCCCC(=O)NC1=NC(=O)O. The van der Waals surface area contributed by atoms with Crippen molar-refractivity contribution in [2.45, 2.75) is 58.0 Å². The van der Waals surface area contributed by atoms with Crippen LogP contribution in [0.15, 0.2) is 17.1 Å². The minimum Gasteiger partial charge on any atom is -0.463 e. The molecule has 0 aliphatic carbocycles. The Morgan fingerprint density at radius 2 is 2.08 bits per heavy atom. The van der Waals surface area contributed by atoms with Crippen molar-refractivity contribution in [3.63, 3.8) is 0 Å². The van der Waals surface area contributed by atoms with Crippen LogP contribution in [0.3, 0.4) is 0 Å². The van der Waals surface area contributed by atoms with Gasteiger partial charge in [-0.25, -0.2) is 4.79 Å². The fourth-order valence-electron chi connectivity index (χ4n) is 2.26. The van der Waals surface area contributed by atoms with Crippen LogP contribution in [0.25, 0.3) is 0 Å². The average molecular weight is 356 g/mol. The molecular formula is C17H27N3O5. The zero-order valence-electron chi connectivity index (χ0n) is 17.4. The largest absolute Gasteiger partial charge is 0.463 e. The number of cyclic esters (lactones) is 1. The zero-order valence-corrected chi connectivity index (χ0v) is 14.4. The number of allylic oxidation sites excluding steroid dienone is 2. The van der Waals surface area contributed by atoms with Crippen LogP contribution in [0.2, 0.25) is 0 Å². The van der Waals surface area contributed by atoms with Gasteiger partial charge in [-0.1, -0.05) is 12.2 Å². The second-order valence-electron chi connectivity index (χ2n) is 5.80. The predicted molar refractivity (Wildman–Crippen MR) is 93.2 cm³/mol. The number of hydrogen-bond acceptors (Lipinski definition) is 4. The zero-order chi connectivity index (χ0) is 21.2. The maximum Gasteiger partial charge on any atom is 0.434 e. The standard InChI is InChI=1S/C17H27N3O5/c1-13-10-8-6-4-3-5-7-9-11-14(21)18-16(19-17(23)24)20(2)12-15(22)25-13/h3-4,13H,5-12H2,1-2H3,(H,23,24)(H,18,19,21)/t13-/m1/s1/i2D3. The van der Waals surface area contributed by atoms with Crippen molar-refractivity contribution < 1.29 is 28.3 Å². The highest BCUT2D eigenvalue weighted by atomic mass is 16.5. The molecular weight excluding hydrogens is 326 g/mol. The fraction of sp³-hybridized carbons (Fsp3) is 0.647. The van der Waals surface area contributed by atoms with Crippen LogP contribution in [0.1, 0.15) is 56.0 Å². The molecule has 0 unspecified atom stereocenters. The van der Waals surface area contributed by atoms with E-state index in [0.29, 0.717) is 17.7 Å². The Morgan fingerprint density at radius 1 is 1.36 bits per heavy atom. The Kier molecular flexibility index (Phi) is 7.23. The van der Waals surface area contributed by atoms with Crippen LogP contribution in [0.5, 0.6) is 0 Å². The van der Waals surface area contributed by atoms with Gasteiger partial charge in [0, 0.05) is 17.5 Å². The van der Waals surface area contributed by atoms with Gasteiger partial charge in [-0.3, -0.25) is 14.9 Å². The van der Waals surface area contributed by atoms with E-state index in [0.717, 1.165) is 25.7 Å². The number of carbonyl (C=O) groups is 3. The first-order valence-electron chi connectivity index (χ1n) is 9.83. The van der Waals surface area contributed by atoms with Crippen molar-refractivity contribution in [3.05, 3.63) is 12.2 Å². The Hall–Kier alpha value is -2.38. The monoisotopic (exact) mass is 356 g/mol.